The highest BCUT2D eigenvalue weighted by Crippen LogP contribution is 2.37. The van der Waals surface area contributed by atoms with Crippen molar-refractivity contribution in [2.45, 2.75) is 16.7 Å². The summed E-state index contributed by atoms with van der Waals surface area (Å²) in [6.07, 6.45) is 1.67. The van der Waals surface area contributed by atoms with Crippen LogP contribution in [0.5, 0.6) is 0 Å². The molecule has 0 spiro atoms. The Labute approximate surface area is 174 Å². The van der Waals surface area contributed by atoms with Crippen molar-refractivity contribution in [1.82, 2.24) is 4.90 Å². The molecule has 0 aliphatic carbocycles. The van der Waals surface area contributed by atoms with Crippen LogP contribution in [0.4, 0.5) is 5.69 Å². The van der Waals surface area contributed by atoms with E-state index in [1.54, 1.807) is 24.3 Å². The van der Waals surface area contributed by atoms with Gasteiger partial charge in [0.2, 0.25) is 0 Å². The molecular formula is C18H13ClN2O3S3. The van der Waals surface area contributed by atoms with Crippen LogP contribution >= 0.6 is 47.3 Å². The number of hydrogen-bond donors (Lipinski definition) is 0. The number of amides is 1. The first-order valence-corrected chi connectivity index (χ1v) is 10.3. The first-order chi connectivity index (χ1) is 12.9. The van der Waals surface area contributed by atoms with Gasteiger partial charge in [-0.15, -0.1) is 0 Å². The second kappa shape index (κ2) is 8.43. The topological polar surface area (TPSA) is 63.5 Å². The van der Waals surface area contributed by atoms with Crippen LogP contribution in [-0.2, 0) is 4.79 Å². The smallest absolute Gasteiger partial charge is 0.270 e. The number of benzene rings is 2. The molecule has 1 amide bonds. The van der Waals surface area contributed by atoms with Crippen LogP contribution in [0.3, 0.4) is 0 Å². The van der Waals surface area contributed by atoms with Gasteiger partial charge in [-0.2, -0.15) is 0 Å². The lowest BCUT2D eigenvalue weighted by Crippen LogP contribution is -2.27. The molecule has 0 saturated carbocycles. The van der Waals surface area contributed by atoms with E-state index in [0.29, 0.717) is 26.4 Å². The SMILES string of the molecule is CCN1C(=O)C(=Cc2cc([N+](=O)[O-])ccc2Sc2ccc(Cl)cc2)SC1=S. The number of thioether (sulfide) groups is 1. The van der Waals surface area contributed by atoms with Crippen molar-refractivity contribution in [3.05, 3.63) is 68.1 Å². The molecule has 138 valence electrons. The Bertz CT molecular complexity index is 961. The second-order valence-corrected chi connectivity index (χ2v) is 8.69. The minimum atomic E-state index is -0.453. The Morgan fingerprint density at radius 1 is 1.30 bits per heavy atom. The van der Waals surface area contributed by atoms with Crippen LogP contribution in [0, 0.1) is 10.1 Å². The maximum atomic E-state index is 12.5. The minimum absolute atomic E-state index is 0.0346. The van der Waals surface area contributed by atoms with Gasteiger partial charge in [-0.1, -0.05) is 47.3 Å². The van der Waals surface area contributed by atoms with Crippen LogP contribution in [0.2, 0.25) is 5.02 Å². The summed E-state index contributed by atoms with van der Waals surface area (Å²) in [4.78, 5) is 26.9. The van der Waals surface area contributed by atoms with E-state index in [9.17, 15) is 14.9 Å². The van der Waals surface area contributed by atoms with Crippen LogP contribution in [0.15, 0.2) is 57.2 Å². The molecule has 9 heteroatoms. The first-order valence-electron chi connectivity index (χ1n) is 7.86. The van der Waals surface area contributed by atoms with Gasteiger partial charge in [-0.05, 0) is 48.9 Å². The fourth-order valence-corrected chi connectivity index (χ4v) is 4.80. The van der Waals surface area contributed by atoms with Crippen molar-refractivity contribution < 1.29 is 9.72 Å². The molecule has 0 unspecified atom stereocenters. The van der Waals surface area contributed by atoms with E-state index in [-0.39, 0.29) is 11.6 Å². The Kier molecular flexibility index (Phi) is 6.21. The number of nitro benzene ring substituents is 1. The van der Waals surface area contributed by atoms with E-state index in [4.69, 9.17) is 23.8 Å². The number of thiocarbonyl (C=S) groups is 1. The Hall–Kier alpha value is -1.87. The van der Waals surface area contributed by atoms with Gasteiger partial charge >= 0.3 is 0 Å². The highest BCUT2D eigenvalue weighted by atomic mass is 35.5. The highest BCUT2D eigenvalue weighted by molar-refractivity contribution is 8.26. The van der Waals surface area contributed by atoms with Gasteiger partial charge < -0.3 is 0 Å². The zero-order valence-electron chi connectivity index (χ0n) is 14.0. The number of rotatable bonds is 5. The van der Waals surface area contributed by atoms with Gasteiger partial charge in [0.05, 0.1) is 9.83 Å². The van der Waals surface area contributed by atoms with E-state index in [1.165, 1.54) is 40.6 Å². The number of carbonyl (C=O) groups is 1. The van der Waals surface area contributed by atoms with Crippen LogP contribution in [-0.4, -0.2) is 26.6 Å². The lowest BCUT2D eigenvalue weighted by molar-refractivity contribution is -0.384. The monoisotopic (exact) mass is 436 g/mol. The summed E-state index contributed by atoms with van der Waals surface area (Å²) in [6, 6.07) is 11.9. The van der Waals surface area contributed by atoms with Gasteiger partial charge in [0.15, 0.2) is 0 Å². The molecule has 1 heterocycles. The van der Waals surface area contributed by atoms with Crippen LogP contribution in [0.25, 0.3) is 6.08 Å². The van der Waals surface area contributed by atoms with E-state index in [1.807, 2.05) is 19.1 Å². The molecular weight excluding hydrogens is 424 g/mol. The molecule has 0 bridgehead atoms. The fraction of sp³-hybridized carbons (Fsp3) is 0.111. The van der Waals surface area contributed by atoms with Crippen LogP contribution in [0.1, 0.15) is 12.5 Å². The van der Waals surface area contributed by atoms with Crippen molar-refractivity contribution in [2.75, 3.05) is 6.54 Å². The van der Waals surface area contributed by atoms with E-state index in [0.717, 1.165) is 9.79 Å². The molecule has 1 saturated heterocycles. The maximum absolute atomic E-state index is 12.5. The van der Waals surface area contributed by atoms with Gasteiger partial charge in [0.1, 0.15) is 4.32 Å². The molecule has 27 heavy (non-hydrogen) atoms. The maximum Gasteiger partial charge on any atom is 0.270 e. The molecule has 3 rings (SSSR count). The number of nitrogens with zero attached hydrogens (tertiary/aromatic N) is 2. The largest absolute Gasteiger partial charge is 0.293 e. The Morgan fingerprint density at radius 3 is 2.59 bits per heavy atom. The molecule has 0 radical (unpaired) electrons. The summed E-state index contributed by atoms with van der Waals surface area (Å²) in [5.74, 6) is -0.179. The van der Waals surface area contributed by atoms with Crippen molar-refractivity contribution >= 4 is 69.3 Å². The predicted octanol–water partition coefficient (Wildman–Crippen LogP) is 5.62. The number of non-ortho nitro benzene ring substituents is 1. The molecule has 5 nitrogen and oxygen atoms in total. The molecule has 0 atom stereocenters. The summed E-state index contributed by atoms with van der Waals surface area (Å²) >= 11 is 13.8. The standard InChI is InChI=1S/C18H13ClN2O3S3/c1-2-20-17(22)16(27-18(20)25)10-11-9-13(21(23)24)5-8-15(11)26-14-6-3-12(19)4-7-14/h3-10H,2H2,1H3. The number of hydrogen-bond acceptors (Lipinski definition) is 6. The van der Waals surface area contributed by atoms with Gasteiger partial charge in [0, 0.05) is 33.5 Å². The Morgan fingerprint density at radius 2 is 2.00 bits per heavy atom. The third kappa shape index (κ3) is 4.52. The van der Waals surface area contributed by atoms with Gasteiger partial charge in [-0.25, -0.2) is 0 Å². The molecule has 0 N–H and O–H groups in total. The minimum Gasteiger partial charge on any atom is -0.293 e. The van der Waals surface area contributed by atoms with Crippen molar-refractivity contribution in [1.29, 1.82) is 0 Å². The fourth-order valence-electron chi connectivity index (χ4n) is 2.40. The lowest BCUT2D eigenvalue weighted by Gasteiger charge is -2.10. The van der Waals surface area contributed by atoms with E-state index >= 15 is 0 Å². The zero-order valence-corrected chi connectivity index (χ0v) is 17.3. The molecule has 0 aromatic heterocycles. The molecule has 1 aliphatic heterocycles. The highest BCUT2D eigenvalue weighted by Gasteiger charge is 2.31. The number of carbonyl (C=O) groups excluding carboxylic acids is 1. The van der Waals surface area contributed by atoms with E-state index < -0.39 is 4.92 Å². The molecule has 1 fully saturated rings. The van der Waals surface area contributed by atoms with Crippen molar-refractivity contribution in [2.24, 2.45) is 0 Å². The summed E-state index contributed by atoms with van der Waals surface area (Å²) in [6.45, 7) is 2.34. The van der Waals surface area contributed by atoms with Crippen molar-refractivity contribution in [3.8, 4) is 0 Å². The zero-order chi connectivity index (χ0) is 19.6. The summed E-state index contributed by atoms with van der Waals surface area (Å²) in [5, 5.41) is 11.8. The summed E-state index contributed by atoms with van der Waals surface area (Å²) in [5.41, 5.74) is 0.563. The summed E-state index contributed by atoms with van der Waals surface area (Å²) < 4.78 is 0.492. The average molecular weight is 437 g/mol. The average Bonchev–Trinajstić information content (AvgIpc) is 2.91. The van der Waals surface area contributed by atoms with E-state index in [2.05, 4.69) is 0 Å². The summed E-state index contributed by atoms with van der Waals surface area (Å²) in [7, 11) is 0. The quantitative estimate of drug-likeness (QED) is 0.262. The van der Waals surface area contributed by atoms with Gasteiger partial charge in [-0.3, -0.25) is 19.8 Å². The molecule has 2 aromatic carbocycles. The second-order valence-electron chi connectivity index (χ2n) is 5.46. The lowest BCUT2D eigenvalue weighted by atomic mass is 10.2. The van der Waals surface area contributed by atoms with Crippen LogP contribution < -0.4 is 0 Å². The number of halogens is 1. The van der Waals surface area contributed by atoms with Crippen molar-refractivity contribution in [3.63, 3.8) is 0 Å². The first kappa shape index (κ1) is 19.9. The van der Waals surface area contributed by atoms with Gasteiger partial charge in [0.25, 0.3) is 11.6 Å². The predicted molar refractivity (Wildman–Crippen MR) is 114 cm³/mol. The number of likely N-dealkylation sites (N-methyl/N-ethyl adjacent to an activating group) is 1. The normalized spacial score (nSPS) is 15.6. The third-order valence-electron chi connectivity index (χ3n) is 3.72. The molecule has 1 aliphatic rings. The third-order valence-corrected chi connectivity index (χ3v) is 6.45. The Balaban J connectivity index is 2.01. The molecule has 2 aromatic rings. The number of nitro groups is 1.